The summed E-state index contributed by atoms with van der Waals surface area (Å²) in [6.45, 7) is -3.08. The third kappa shape index (κ3) is 15.4. The molecule has 5 aliphatic rings. The SMILES string of the molecule is O=C(O[C@@H]1O[C@@H]2COC(=O)c3cc(O)c(O)c(O)c3-c3cc(c(O)c(O)c3O)C(=O)O[C@H]2[C@H](OC(=O)c2cc(O)c(O)c(O)c2)[C@H]1OC(=O)c1cc(O)c(O)c(O)c1Oc1cc2c(c(O)c1O)Oc1cc(cc(O)c1O)C(=O)O[C@@H]1O[C@@H]3COC(=O)c4cc(O)c(O)c(O)c4-c4c(cc(O)c(O)c4O)C(=O)O[C@H]3[C@H](OC(=O)c3cc(O)c(O)c(O)c3)[C@H]1OC2=O)c1cc(O)c(O)c(O)c1. The topological polar surface area (TPSA) is 866 Å². The van der Waals surface area contributed by atoms with Crippen LogP contribution in [0.25, 0.3) is 22.3 Å². The van der Waals surface area contributed by atoms with Crippen LogP contribution in [0, 0.1) is 0 Å². The van der Waals surface area contributed by atoms with Crippen molar-refractivity contribution in [3.63, 3.8) is 0 Å². The quantitative estimate of drug-likeness (QED) is 0.0520. The second-order valence-corrected chi connectivity index (χ2v) is 28.9. The van der Waals surface area contributed by atoms with Crippen molar-refractivity contribution in [2.45, 2.75) is 61.4 Å². The van der Waals surface area contributed by atoms with E-state index in [-0.39, 0.29) is 18.2 Å². The van der Waals surface area contributed by atoms with Crippen LogP contribution >= 0.6 is 0 Å². The van der Waals surface area contributed by atoms with Crippen molar-refractivity contribution in [2.24, 2.45) is 0 Å². The number of phenols is 28. The Morgan fingerprint density at radius 3 is 1.19 bits per heavy atom. The Morgan fingerprint density at radius 2 is 0.679 bits per heavy atom. The lowest BCUT2D eigenvalue weighted by atomic mass is 9.92. The fraction of sp³-hybridized carbons (Fsp3) is 0.146. The van der Waals surface area contributed by atoms with Crippen LogP contribution in [0.3, 0.4) is 0 Å². The van der Waals surface area contributed by atoms with Gasteiger partial charge in [0.15, 0.2) is 157 Å². The number of hydrogen-bond acceptors (Lipinski definition) is 52. The lowest BCUT2D eigenvalue weighted by Gasteiger charge is -2.44. The fourth-order valence-corrected chi connectivity index (χ4v) is 14.2. The lowest BCUT2D eigenvalue weighted by Crippen LogP contribution is -2.63. The molecule has 0 spiro atoms. The Bertz CT molecular complexity index is 6760. The molecule has 0 saturated carbocycles. The van der Waals surface area contributed by atoms with Gasteiger partial charge in [0, 0.05) is 34.4 Å². The van der Waals surface area contributed by atoms with E-state index < -0.39 is 396 Å². The molecule has 15 rings (SSSR count). The zero-order valence-electron chi connectivity index (χ0n) is 65.6. The Balaban J connectivity index is 0.881. The Kier molecular flexibility index (Phi) is 22.2. The van der Waals surface area contributed by atoms with Crippen molar-refractivity contribution in [3.05, 3.63) is 141 Å². The van der Waals surface area contributed by atoms with Gasteiger partial charge in [0.25, 0.3) is 0 Å². The monoisotopic (exact) mass is 1870 g/mol. The van der Waals surface area contributed by atoms with Gasteiger partial charge in [-0.15, -0.1) is 0 Å². The Morgan fingerprint density at radius 1 is 0.284 bits per heavy atom. The van der Waals surface area contributed by atoms with Gasteiger partial charge < -0.3 is 209 Å². The summed E-state index contributed by atoms with van der Waals surface area (Å²) in [5.41, 5.74) is -17.1. The van der Waals surface area contributed by atoms with E-state index in [0.29, 0.717) is 66.7 Å². The molecule has 0 unspecified atom stereocenters. The maximum atomic E-state index is 15.7. The predicted molar refractivity (Wildman–Crippen MR) is 413 cm³/mol. The summed E-state index contributed by atoms with van der Waals surface area (Å²) in [4.78, 5) is 149. The minimum Gasteiger partial charge on any atom is -0.504 e. The van der Waals surface area contributed by atoms with E-state index in [9.17, 15) is 177 Å². The molecule has 0 amide bonds. The third-order valence-corrected chi connectivity index (χ3v) is 20.7. The van der Waals surface area contributed by atoms with Crippen LogP contribution in [0.4, 0.5) is 0 Å². The number of benzene rings is 10. The van der Waals surface area contributed by atoms with Gasteiger partial charge in [0.1, 0.15) is 42.1 Å². The highest BCUT2D eigenvalue weighted by atomic mass is 16.8. The second kappa shape index (κ2) is 33.2. The van der Waals surface area contributed by atoms with E-state index in [2.05, 4.69) is 0 Å². The smallest absolute Gasteiger partial charge is 0.342 e. The van der Waals surface area contributed by atoms with Gasteiger partial charge in [-0.2, -0.15) is 0 Å². The number of aromatic hydroxyl groups is 28. The molecule has 28 N–H and O–H groups in total. The van der Waals surface area contributed by atoms with Crippen LogP contribution in [0.5, 0.6) is 184 Å². The van der Waals surface area contributed by atoms with Gasteiger partial charge in [-0.1, -0.05) is 0 Å². The molecule has 52 nitrogen and oxygen atoms in total. The van der Waals surface area contributed by atoms with Gasteiger partial charge in [0.05, 0.1) is 38.9 Å². The van der Waals surface area contributed by atoms with Gasteiger partial charge in [-0.3, -0.25) is 0 Å². The maximum absolute atomic E-state index is 15.7. The number of fused-ring (bicyclic) bond motifs is 13. The Hall–Kier alpha value is -19.2. The largest absolute Gasteiger partial charge is 0.504 e. The van der Waals surface area contributed by atoms with Crippen molar-refractivity contribution < 1.29 is 257 Å². The van der Waals surface area contributed by atoms with Gasteiger partial charge >= 0.3 is 59.7 Å². The molecule has 5 aliphatic heterocycles. The first-order valence-corrected chi connectivity index (χ1v) is 37.1. The maximum Gasteiger partial charge on any atom is 0.342 e. The molecule has 10 atom stereocenters. The normalized spacial score (nSPS) is 19.6. The highest BCUT2D eigenvalue weighted by Gasteiger charge is 2.58. The van der Waals surface area contributed by atoms with Crippen molar-refractivity contribution in [1.82, 2.24) is 0 Å². The minimum absolute atomic E-state index is 0.0524. The molecule has 2 saturated heterocycles. The van der Waals surface area contributed by atoms with E-state index in [1.807, 2.05) is 0 Å². The number of cyclic esters (lactones) is 2. The molecule has 2 fully saturated rings. The van der Waals surface area contributed by atoms with Gasteiger partial charge in [0.2, 0.25) is 76.5 Å². The number of esters is 10. The number of phenolic OH excluding ortho intramolecular Hbond substituents is 28. The lowest BCUT2D eigenvalue weighted by molar-refractivity contribution is -0.283. The molecule has 10 aromatic rings. The van der Waals surface area contributed by atoms with Crippen molar-refractivity contribution in [1.29, 1.82) is 0 Å². The van der Waals surface area contributed by atoms with Crippen LogP contribution in [0.2, 0.25) is 0 Å². The van der Waals surface area contributed by atoms with Crippen molar-refractivity contribution in [3.8, 4) is 206 Å². The molecule has 0 aromatic heterocycles. The number of carbonyl (C=O) groups excluding carboxylic acids is 10. The summed E-state index contributed by atoms with van der Waals surface area (Å²) in [6.07, 6.45) is -28.7. The van der Waals surface area contributed by atoms with Gasteiger partial charge in [-0.25, -0.2) is 47.9 Å². The van der Waals surface area contributed by atoms with Crippen LogP contribution in [-0.2, 0) is 56.8 Å². The molecular formula is C82H56O52. The van der Waals surface area contributed by atoms with E-state index in [1.54, 1.807) is 0 Å². The first-order valence-electron chi connectivity index (χ1n) is 37.1. The molecule has 4 bridgehead atoms. The van der Waals surface area contributed by atoms with Crippen LogP contribution in [-0.4, -0.2) is 277 Å². The highest BCUT2D eigenvalue weighted by molar-refractivity contribution is 6.10. The van der Waals surface area contributed by atoms with Crippen LogP contribution in [0.1, 0.15) is 104 Å². The Labute approximate surface area is 735 Å². The zero-order chi connectivity index (χ0) is 97.3. The van der Waals surface area contributed by atoms with E-state index in [0.717, 1.165) is 0 Å². The predicted octanol–water partition coefficient (Wildman–Crippen LogP) is 4.13. The van der Waals surface area contributed by atoms with Gasteiger partial charge in [-0.05, 0) is 72.8 Å². The molecule has 0 aliphatic carbocycles. The molecule has 5 heterocycles. The summed E-state index contributed by atoms with van der Waals surface area (Å²) in [7, 11) is 0. The van der Waals surface area contributed by atoms with Crippen molar-refractivity contribution in [2.75, 3.05) is 13.2 Å². The number of carbonyl (C=O) groups is 10. The summed E-state index contributed by atoms with van der Waals surface area (Å²) in [6, 6.07) is 4.59. The third-order valence-electron chi connectivity index (χ3n) is 20.7. The minimum atomic E-state index is -3.14. The standard InChI is InChI=1S/C82H56O52/c83-28-1-17(2-29(84)48(28)96)71(111)129-67-65-41(16-122-76(116)23-11-36(91)53(101)58(106)44(23)45-24(77(117)127-65)12-37(92)54(102)59(45)107)125-82-70(67)132-80(120)27-14-40(56(104)62(110)64(27)123-39-8-20(74(114)134-82)7-34(89)51(39)99)124-63-26(13-38(93)55(103)61(63)109)79(119)131-69-68(130-72(112)18-3-30(85)49(97)31(86)4-18)66-42(126-81(69)133-73(113)19-5-32(87)50(98)33(88)6-19)15-121-75(115)22-10-35(90)52(100)57(105)43(22)21-9-25(78(118)128-66)47(95)60(108)46(21)94/h1-14,41-42,65-70,81-110H,15-16H2/t41-,42-,65-,66-,67+,68+,69-,70-,81+,82+/m1/s1. The molecule has 134 heavy (non-hydrogen) atoms. The van der Waals surface area contributed by atoms with Crippen LogP contribution < -0.4 is 9.47 Å². The molecule has 10 aromatic carbocycles. The number of rotatable bonds is 10. The molecular weight excluding hydrogens is 1820 g/mol. The molecule has 696 valence electrons. The summed E-state index contributed by atoms with van der Waals surface area (Å²) in [5.74, 6) is -68.4. The summed E-state index contributed by atoms with van der Waals surface area (Å²) < 4.78 is 80.3. The molecule has 0 radical (unpaired) electrons. The zero-order valence-corrected chi connectivity index (χ0v) is 65.6. The average Bonchev–Trinajstić information content (AvgIpc) is 1.15. The number of ether oxygens (including phenoxy) is 14. The van der Waals surface area contributed by atoms with E-state index in [4.69, 9.17) is 66.3 Å². The highest BCUT2D eigenvalue weighted by Crippen LogP contribution is 2.59. The first kappa shape index (κ1) is 89.6. The molecule has 52 heteroatoms. The summed E-state index contributed by atoms with van der Waals surface area (Å²) >= 11 is 0. The van der Waals surface area contributed by atoms with Crippen molar-refractivity contribution >= 4 is 59.7 Å². The average molecular weight is 1870 g/mol. The summed E-state index contributed by atoms with van der Waals surface area (Å²) in [5, 5.41) is 308. The van der Waals surface area contributed by atoms with E-state index >= 15 is 14.4 Å². The first-order chi connectivity index (χ1) is 63.1. The second-order valence-electron chi connectivity index (χ2n) is 28.9. The number of hydrogen-bond donors (Lipinski definition) is 28. The van der Waals surface area contributed by atoms with Crippen LogP contribution in [0.15, 0.2) is 84.9 Å². The van der Waals surface area contributed by atoms with E-state index in [1.165, 1.54) is 0 Å². The fourth-order valence-electron chi connectivity index (χ4n) is 14.2.